The van der Waals surface area contributed by atoms with Crippen molar-refractivity contribution in [1.29, 1.82) is 0 Å². The number of carbonyl (C=O) groups excluding carboxylic acids is 1. The molecule has 1 N–H and O–H groups in total. The van der Waals surface area contributed by atoms with Crippen LogP contribution in [-0.2, 0) is 5.75 Å². The van der Waals surface area contributed by atoms with E-state index < -0.39 is 0 Å². The molecular weight excluding hydrogens is 370 g/mol. The zero-order valence-corrected chi connectivity index (χ0v) is 17.0. The summed E-state index contributed by atoms with van der Waals surface area (Å²) in [5.74, 6) is 1.57. The van der Waals surface area contributed by atoms with Crippen LogP contribution in [0.15, 0.2) is 71.6 Å². The Morgan fingerprint density at radius 3 is 2.21 bits per heavy atom. The molecule has 28 heavy (non-hydrogen) atoms. The number of hydrogen-bond donors (Lipinski definition) is 1. The Labute approximate surface area is 169 Å². The number of thioether (sulfide) groups is 1. The Morgan fingerprint density at radius 1 is 0.929 bits per heavy atom. The minimum absolute atomic E-state index is 0.260. The molecule has 144 valence electrons. The number of methoxy groups -OCH3 is 2. The van der Waals surface area contributed by atoms with E-state index in [1.807, 2.05) is 37.3 Å². The Hall–Kier alpha value is -2.92. The first-order valence-electron chi connectivity index (χ1n) is 8.92. The predicted molar refractivity (Wildman–Crippen MR) is 115 cm³/mol. The SMILES string of the molecule is COc1cccc(OC)c1C(=O)Nc1ccc(CSc2ccccc2)cc1C. The minimum Gasteiger partial charge on any atom is -0.496 e. The van der Waals surface area contributed by atoms with Crippen molar-refractivity contribution in [2.24, 2.45) is 0 Å². The second kappa shape index (κ2) is 9.33. The molecule has 3 aromatic rings. The van der Waals surface area contributed by atoms with Crippen LogP contribution in [0.4, 0.5) is 5.69 Å². The summed E-state index contributed by atoms with van der Waals surface area (Å²) in [6, 6.07) is 21.7. The minimum atomic E-state index is -0.260. The quantitative estimate of drug-likeness (QED) is 0.534. The fraction of sp³-hybridized carbons (Fsp3) is 0.174. The molecule has 1 amide bonds. The van der Waals surface area contributed by atoms with Gasteiger partial charge in [0.25, 0.3) is 5.91 Å². The summed E-state index contributed by atoms with van der Waals surface area (Å²) in [6.45, 7) is 1.99. The largest absolute Gasteiger partial charge is 0.496 e. The van der Waals surface area contributed by atoms with Gasteiger partial charge in [0.15, 0.2) is 0 Å². The highest BCUT2D eigenvalue weighted by atomic mass is 32.2. The monoisotopic (exact) mass is 393 g/mol. The fourth-order valence-corrected chi connectivity index (χ4v) is 3.76. The predicted octanol–water partition coefficient (Wildman–Crippen LogP) is 5.56. The molecule has 0 heterocycles. The molecule has 0 saturated carbocycles. The lowest BCUT2D eigenvalue weighted by atomic mass is 10.1. The van der Waals surface area contributed by atoms with Crippen LogP contribution in [0.25, 0.3) is 0 Å². The van der Waals surface area contributed by atoms with Crippen molar-refractivity contribution in [1.82, 2.24) is 0 Å². The molecule has 0 aliphatic rings. The molecule has 0 spiro atoms. The first-order valence-corrected chi connectivity index (χ1v) is 9.90. The van der Waals surface area contributed by atoms with Crippen LogP contribution in [0.3, 0.4) is 0 Å². The Balaban J connectivity index is 1.74. The maximum atomic E-state index is 12.8. The van der Waals surface area contributed by atoms with Crippen molar-refractivity contribution in [3.05, 3.63) is 83.4 Å². The van der Waals surface area contributed by atoms with Gasteiger partial charge in [-0.2, -0.15) is 0 Å². The van der Waals surface area contributed by atoms with Gasteiger partial charge in [-0.05, 0) is 48.4 Å². The number of ether oxygens (including phenoxy) is 2. The summed E-state index contributed by atoms with van der Waals surface area (Å²) >= 11 is 1.79. The molecule has 3 rings (SSSR count). The van der Waals surface area contributed by atoms with Crippen molar-refractivity contribution in [3.63, 3.8) is 0 Å². The van der Waals surface area contributed by atoms with Gasteiger partial charge >= 0.3 is 0 Å². The molecular formula is C23H23NO3S. The molecule has 0 radical (unpaired) electrons. The number of benzene rings is 3. The summed E-state index contributed by atoms with van der Waals surface area (Å²) in [5, 5.41) is 2.97. The number of rotatable bonds is 7. The average Bonchev–Trinajstić information content (AvgIpc) is 2.74. The highest BCUT2D eigenvalue weighted by Gasteiger charge is 2.18. The van der Waals surface area contributed by atoms with E-state index in [0.29, 0.717) is 17.1 Å². The van der Waals surface area contributed by atoms with Crippen LogP contribution in [0, 0.1) is 6.92 Å². The molecule has 0 aliphatic heterocycles. The van der Waals surface area contributed by atoms with E-state index in [-0.39, 0.29) is 5.91 Å². The molecule has 5 heteroatoms. The lowest BCUT2D eigenvalue weighted by Crippen LogP contribution is -2.15. The van der Waals surface area contributed by atoms with Gasteiger partial charge < -0.3 is 14.8 Å². The van der Waals surface area contributed by atoms with E-state index >= 15 is 0 Å². The zero-order chi connectivity index (χ0) is 19.9. The summed E-state index contributed by atoms with van der Waals surface area (Å²) in [7, 11) is 3.08. The van der Waals surface area contributed by atoms with Crippen LogP contribution in [0.1, 0.15) is 21.5 Å². The van der Waals surface area contributed by atoms with E-state index in [0.717, 1.165) is 17.0 Å². The second-order valence-corrected chi connectivity index (χ2v) is 7.29. The van der Waals surface area contributed by atoms with E-state index in [1.165, 1.54) is 24.7 Å². The number of nitrogens with one attached hydrogen (secondary N) is 1. The Bertz CT molecular complexity index is 935. The normalized spacial score (nSPS) is 10.4. The molecule has 4 nitrogen and oxygen atoms in total. The Morgan fingerprint density at radius 2 is 1.61 bits per heavy atom. The molecule has 0 saturated heterocycles. The third kappa shape index (κ3) is 4.67. The van der Waals surface area contributed by atoms with Crippen molar-refractivity contribution in [2.45, 2.75) is 17.6 Å². The number of carbonyl (C=O) groups is 1. The van der Waals surface area contributed by atoms with Gasteiger partial charge in [0.1, 0.15) is 17.1 Å². The lowest BCUT2D eigenvalue weighted by molar-refractivity contribution is 0.102. The van der Waals surface area contributed by atoms with Gasteiger partial charge in [-0.3, -0.25) is 4.79 Å². The van der Waals surface area contributed by atoms with Gasteiger partial charge in [0.05, 0.1) is 14.2 Å². The first-order chi connectivity index (χ1) is 13.6. The number of amides is 1. The summed E-state index contributed by atoms with van der Waals surface area (Å²) in [5.41, 5.74) is 3.37. The van der Waals surface area contributed by atoms with Crippen LogP contribution < -0.4 is 14.8 Å². The van der Waals surface area contributed by atoms with Crippen molar-refractivity contribution in [2.75, 3.05) is 19.5 Å². The molecule has 0 atom stereocenters. The van der Waals surface area contributed by atoms with Gasteiger partial charge in [-0.15, -0.1) is 11.8 Å². The maximum absolute atomic E-state index is 12.8. The van der Waals surface area contributed by atoms with E-state index in [1.54, 1.807) is 30.0 Å². The van der Waals surface area contributed by atoms with Crippen LogP contribution in [-0.4, -0.2) is 20.1 Å². The van der Waals surface area contributed by atoms with Crippen molar-refractivity contribution < 1.29 is 14.3 Å². The van der Waals surface area contributed by atoms with Crippen LogP contribution in [0.5, 0.6) is 11.5 Å². The summed E-state index contributed by atoms with van der Waals surface area (Å²) < 4.78 is 10.7. The molecule has 0 bridgehead atoms. The van der Waals surface area contributed by atoms with Gasteiger partial charge in [0.2, 0.25) is 0 Å². The van der Waals surface area contributed by atoms with Gasteiger partial charge in [0, 0.05) is 16.3 Å². The van der Waals surface area contributed by atoms with Crippen molar-refractivity contribution in [3.8, 4) is 11.5 Å². The van der Waals surface area contributed by atoms with Crippen LogP contribution >= 0.6 is 11.8 Å². The maximum Gasteiger partial charge on any atom is 0.263 e. The average molecular weight is 394 g/mol. The van der Waals surface area contributed by atoms with E-state index in [9.17, 15) is 4.79 Å². The van der Waals surface area contributed by atoms with Crippen molar-refractivity contribution >= 4 is 23.4 Å². The first kappa shape index (κ1) is 19.8. The second-order valence-electron chi connectivity index (χ2n) is 6.24. The standard InChI is InChI=1S/C23H23NO3S/c1-16-14-17(15-28-18-8-5-4-6-9-18)12-13-19(16)24-23(25)22-20(26-2)10-7-11-21(22)27-3/h4-14H,15H2,1-3H3,(H,24,25). The zero-order valence-electron chi connectivity index (χ0n) is 16.2. The molecule has 3 aromatic carbocycles. The van der Waals surface area contributed by atoms with E-state index in [2.05, 4.69) is 23.5 Å². The molecule has 0 aromatic heterocycles. The molecule has 0 fully saturated rings. The summed E-state index contributed by atoms with van der Waals surface area (Å²) in [4.78, 5) is 14.1. The number of aryl methyl sites for hydroxylation is 1. The smallest absolute Gasteiger partial charge is 0.263 e. The third-order valence-electron chi connectivity index (χ3n) is 4.34. The highest BCUT2D eigenvalue weighted by molar-refractivity contribution is 7.98. The van der Waals surface area contributed by atoms with Crippen LogP contribution in [0.2, 0.25) is 0 Å². The molecule has 0 aliphatic carbocycles. The number of anilines is 1. The summed E-state index contributed by atoms with van der Waals surface area (Å²) in [6.07, 6.45) is 0. The highest BCUT2D eigenvalue weighted by Crippen LogP contribution is 2.30. The van der Waals surface area contributed by atoms with Gasteiger partial charge in [-0.1, -0.05) is 36.4 Å². The Kier molecular flexibility index (Phi) is 6.61. The fourth-order valence-electron chi connectivity index (χ4n) is 2.90. The van der Waals surface area contributed by atoms with Gasteiger partial charge in [-0.25, -0.2) is 0 Å². The van der Waals surface area contributed by atoms with E-state index in [4.69, 9.17) is 9.47 Å². The molecule has 0 unspecified atom stereocenters. The third-order valence-corrected chi connectivity index (χ3v) is 5.43. The lowest BCUT2D eigenvalue weighted by Gasteiger charge is -2.14. The number of hydrogen-bond acceptors (Lipinski definition) is 4. The topological polar surface area (TPSA) is 47.6 Å².